The van der Waals surface area contributed by atoms with Gasteiger partial charge in [-0.15, -0.1) is 0 Å². The number of hydrogen-bond donors (Lipinski definition) is 0. The Morgan fingerprint density at radius 1 is 0.889 bits per heavy atom. The first-order valence-electron chi connectivity index (χ1n) is 9.03. The van der Waals surface area contributed by atoms with Crippen LogP contribution in [-0.4, -0.2) is 13.2 Å². The Balaban J connectivity index is 1.50. The van der Waals surface area contributed by atoms with Crippen molar-refractivity contribution in [2.75, 3.05) is 13.2 Å². The third-order valence-corrected chi connectivity index (χ3v) is 5.25. The summed E-state index contributed by atoms with van der Waals surface area (Å²) in [5, 5.41) is 0. The lowest BCUT2D eigenvalue weighted by Crippen LogP contribution is -2.15. The second kappa shape index (κ2) is 8.05. The summed E-state index contributed by atoms with van der Waals surface area (Å²) in [7, 11) is 0. The molecule has 3 aromatic carbocycles. The number of benzene rings is 3. The van der Waals surface area contributed by atoms with E-state index in [0.29, 0.717) is 19.8 Å². The van der Waals surface area contributed by atoms with Gasteiger partial charge in [-0.1, -0.05) is 36.4 Å². The lowest BCUT2D eigenvalue weighted by Gasteiger charge is -2.19. The molecule has 3 aromatic rings. The molecule has 1 heterocycles. The van der Waals surface area contributed by atoms with Gasteiger partial charge in [0.25, 0.3) is 0 Å². The van der Waals surface area contributed by atoms with Crippen LogP contribution in [0, 0.1) is 6.92 Å². The van der Waals surface area contributed by atoms with Gasteiger partial charge in [0.1, 0.15) is 25.6 Å². The van der Waals surface area contributed by atoms with Gasteiger partial charge < -0.3 is 14.2 Å². The van der Waals surface area contributed by atoms with E-state index in [2.05, 4.69) is 59.3 Å². The molecule has 4 heteroatoms. The molecule has 0 unspecified atom stereocenters. The first-order valence-corrected chi connectivity index (χ1v) is 9.82. The average Bonchev–Trinajstić information content (AvgIpc) is 2.70. The normalized spacial score (nSPS) is 12.7. The molecule has 0 N–H and O–H groups in total. The zero-order valence-corrected chi connectivity index (χ0v) is 16.8. The lowest BCUT2D eigenvalue weighted by atomic mass is 10.00. The lowest BCUT2D eigenvalue weighted by molar-refractivity contribution is 0.171. The number of ether oxygens (including phenoxy) is 3. The van der Waals surface area contributed by atoms with Gasteiger partial charge in [-0.05, 0) is 75.8 Å². The molecule has 1 aliphatic heterocycles. The Bertz CT molecular complexity index is 938. The van der Waals surface area contributed by atoms with Crippen LogP contribution in [0.3, 0.4) is 0 Å². The summed E-state index contributed by atoms with van der Waals surface area (Å²) < 4.78 is 18.3. The second-order valence-corrected chi connectivity index (χ2v) is 7.49. The molecule has 0 saturated heterocycles. The van der Waals surface area contributed by atoms with Crippen molar-refractivity contribution in [2.24, 2.45) is 0 Å². The summed E-state index contributed by atoms with van der Waals surface area (Å²) in [6.45, 7) is 3.90. The van der Waals surface area contributed by atoms with Crippen LogP contribution in [0.2, 0.25) is 0 Å². The van der Waals surface area contributed by atoms with Crippen molar-refractivity contribution in [3.63, 3.8) is 0 Å². The van der Waals surface area contributed by atoms with Crippen LogP contribution in [0.15, 0.2) is 65.1 Å². The maximum absolute atomic E-state index is 6.00. The van der Waals surface area contributed by atoms with E-state index in [1.54, 1.807) is 0 Å². The molecule has 0 amide bonds. The van der Waals surface area contributed by atoms with Gasteiger partial charge >= 0.3 is 0 Å². The molecule has 0 fully saturated rings. The van der Waals surface area contributed by atoms with E-state index >= 15 is 0 Å². The zero-order valence-electron chi connectivity index (χ0n) is 15.2. The number of hydrogen-bond acceptors (Lipinski definition) is 3. The summed E-state index contributed by atoms with van der Waals surface area (Å²) >= 11 is 3.66. The van der Waals surface area contributed by atoms with Crippen molar-refractivity contribution in [3.05, 3.63) is 87.4 Å². The Morgan fingerprint density at radius 2 is 1.67 bits per heavy atom. The van der Waals surface area contributed by atoms with Crippen molar-refractivity contribution in [1.29, 1.82) is 0 Å². The van der Waals surface area contributed by atoms with E-state index in [0.717, 1.165) is 33.7 Å². The molecule has 0 aromatic heterocycles. The van der Waals surface area contributed by atoms with Crippen molar-refractivity contribution in [2.45, 2.75) is 20.0 Å². The average molecular weight is 425 g/mol. The van der Waals surface area contributed by atoms with Crippen LogP contribution < -0.4 is 14.2 Å². The van der Waals surface area contributed by atoms with Crippen LogP contribution in [0.1, 0.15) is 22.3 Å². The highest BCUT2D eigenvalue weighted by Gasteiger charge is 2.13. The summed E-state index contributed by atoms with van der Waals surface area (Å²) in [5.74, 6) is 2.52. The van der Waals surface area contributed by atoms with E-state index < -0.39 is 0 Å². The van der Waals surface area contributed by atoms with Gasteiger partial charge in [0, 0.05) is 0 Å². The van der Waals surface area contributed by atoms with Crippen LogP contribution in [0.4, 0.5) is 0 Å². The highest BCUT2D eigenvalue weighted by Crippen LogP contribution is 2.34. The fraction of sp³-hybridized carbons (Fsp3) is 0.217. The van der Waals surface area contributed by atoms with Crippen LogP contribution >= 0.6 is 15.9 Å². The number of aryl methyl sites for hydroxylation is 1. The molecule has 0 bridgehead atoms. The van der Waals surface area contributed by atoms with Gasteiger partial charge in [0.15, 0.2) is 11.5 Å². The van der Waals surface area contributed by atoms with Gasteiger partial charge in [0.05, 0.1) is 4.47 Å². The quantitative estimate of drug-likeness (QED) is 0.525. The molecule has 4 rings (SSSR count). The van der Waals surface area contributed by atoms with Gasteiger partial charge in [-0.3, -0.25) is 0 Å². The number of fused-ring (bicyclic) bond motifs is 1. The van der Waals surface area contributed by atoms with Gasteiger partial charge in [-0.25, -0.2) is 0 Å². The maximum atomic E-state index is 6.00. The predicted octanol–water partition coefficient (Wildman–Crippen LogP) is 5.70. The van der Waals surface area contributed by atoms with Crippen LogP contribution in [-0.2, 0) is 13.0 Å². The molecule has 0 radical (unpaired) electrons. The Morgan fingerprint density at radius 3 is 2.48 bits per heavy atom. The predicted molar refractivity (Wildman–Crippen MR) is 110 cm³/mol. The summed E-state index contributed by atoms with van der Waals surface area (Å²) in [4.78, 5) is 0. The number of rotatable bonds is 5. The van der Waals surface area contributed by atoms with Crippen LogP contribution in [0.5, 0.6) is 17.2 Å². The minimum absolute atomic E-state index is 0.556. The SMILES string of the molecule is Cc1cc(OCc2ccccc2)c(Br)cc1Cc1ccc2c(c1)OCCO2. The first-order chi connectivity index (χ1) is 13.2. The monoisotopic (exact) mass is 424 g/mol. The van der Waals surface area contributed by atoms with E-state index in [4.69, 9.17) is 14.2 Å². The molecule has 0 saturated carbocycles. The zero-order chi connectivity index (χ0) is 18.6. The molecule has 0 aliphatic carbocycles. The van der Waals surface area contributed by atoms with Crippen LogP contribution in [0.25, 0.3) is 0 Å². The van der Waals surface area contributed by atoms with E-state index in [1.165, 1.54) is 16.7 Å². The van der Waals surface area contributed by atoms with Crippen molar-refractivity contribution in [1.82, 2.24) is 0 Å². The summed E-state index contributed by atoms with van der Waals surface area (Å²) in [5.41, 5.74) is 4.82. The first kappa shape index (κ1) is 17.9. The van der Waals surface area contributed by atoms with E-state index in [-0.39, 0.29) is 0 Å². The van der Waals surface area contributed by atoms with Gasteiger partial charge in [0.2, 0.25) is 0 Å². The Hall–Kier alpha value is -2.46. The summed E-state index contributed by atoms with van der Waals surface area (Å²) in [6, 6.07) is 20.6. The topological polar surface area (TPSA) is 27.7 Å². The van der Waals surface area contributed by atoms with Gasteiger partial charge in [-0.2, -0.15) is 0 Å². The fourth-order valence-electron chi connectivity index (χ4n) is 3.15. The smallest absolute Gasteiger partial charge is 0.161 e. The number of halogens is 1. The van der Waals surface area contributed by atoms with E-state index in [1.807, 2.05) is 24.3 Å². The van der Waals surface area contributed by atoms with E-state index in [9.17, 15) is 0 Å². The maximum Gasteiger partial charge on any atom is 0.161 e. The second-order valence-electron chi connectivity index (χ2n) is 6.64. The standard InChI is InChI=1S/C23H21BrO3/c1-16-11-22(27-15-17-5-3-2-4-6-17)20(24)14-19(16)12-18-7-8-21-23(13-18)26-10-9-25-21/h2-8,11,13-14H,9-10,12,15H2,1H3. The third-order valence-electron chi connectivity index (χ3n) is 4.63. The molecule has 3 nitrogen and oxygen atoms in total. The molecular formula is C23H21BrO3. The highest BCUT2D eigenvalue weighted by molar-refractivity contribution is 9.10. The Kier molecular flexibility index (Phi) is 5.35. The van der Waals surface area contributed by atoms with Crippen molar-refractivity contribution < 1.29 is 14.2 Å². The molecular weight excluding hydrogens is 404 g/mol. The molecule has 1 aliphatic rings. The fourth-order valence-corrected chi connectivity index (χ4v) is 3.66. The van der Waals surface area contributed by atoms with Crippen molar-refractivity contribution in [3.8, 4) is 17.2 Å². The largest absolute Gasteiger partial charge is 0.488 e. The molecule has 27 heavy (non-hydrogen) atoms. The minimum atomic E-state index is 0.556. The summed E-state index contributed by atoms with van der Waals surface area (Å²) in [6.07, 6.45) is 0.833. The highest BCUT2D eigenvalue weighted by atomic mass is 79.9. The molecule has 0 spiro atoms. The minimum Gasteiger partial charge on any atom is -0.488 e. The third kappa shape index (κ3) is 4.28. The Labute approximate surface area is 168 Å². The van der Waals surface area contributed by atoms with Crippen molar-refractivity contribution >= 4 is 15.9 Å². The molecule has 138 valence electrons. The molecule has 0 atom stereocenters.